The van der Waals surface area contributed by atoms with Crippen LogP contribution in [0.25, 0.3) is 5.76 Å². The van der Waals surface area contributed by atoms with Gasteiger partial charge in [0.1, 0.15) is 6.04 Å². The Morgan fingerprint density at radius 2 is 2.02 bits per heavy atom. The molecule has 7 nitrogen and oxygen atoms in total. The Morgan fingerprint density at radius 1 is 1.24 bits per heavy atom. The zero-order valence-corrected chi connectivity index (χ0v) is 26.3. The van der Waals surface area contributed by atoms with E-state index >= 15 is 0 Å². The maximum atomic E-state index is 14.4. The number of rotatable bonds is 14. The molecule has 1 aromatic carbocycles. The minimum atomic E-state index is -0.653. The zero-order valence-electron chi connectivity index (χ0n) is 26.3. The molecule has 2 aromatic rings. The van der Waals surface area contributed by atoms with Crippen molar-refractivity contribution in [3.05, 3.63) is 71.4 Å². The van der Waals surface area contributed by atoms with Crippen molar-refractivity contribution in [3.63, 3.8) is 0 Å². The minimum absolute atomic E-state index is 0.0299. The van der Waals surface area contributed by atoms with Crippen molar-refractivity contribution in [1.82, 2.24) is 20.0 Å². The zero-order chi connectivity index (χ0) is 30.1. The van der Waals surface area contributed by atoms with E-state index in [1.54, 1.807) is 6.20 Å². The van der Waals surface area contributed by atoms with Gasteiger partial charge in [0.2, 0.25) is 0 Å². The Kier molecular flexibility index (Phi) is 11.2. The number of carbonyl (C=O) groups excluding carboxylic acids is 1. The van der Waals surface area contributed by atoms with Gasteiger partial charge in [-0.3, -0.25) is 14.5 Å². The number of hydrogen-bond acceptors (Lipinski definition) is 5. The summed E-state index contributed by atoms with van der Waals surface area (Å²) < 4.78 is 8.45. The molecule has 42 heavy (non-hydrogen) atoms. The van der Waals surface area contributed by atoms with Crippen LogP contribution in [0.4, 0.5) is 5.69 Å². The number of hydrogen-bond donors (Lipinski definition) is 1. The normalized spacial score (nSPS) is 18.4. The Bertz CT molecular complexity index is 1330. The van der Waals surface area contributed by atoms with Crippen molar-refractivity contribution in [2.75, 3.05) is 13.1 Å². The second-order valence-electron chi connectivity index (χ2n) is 11.6. The second-order valence-corrected chi connectivity index (χ2v) is 11.6. The quantitative estimate of drug-likeness (QED) is 0.144. The lowest BCUT2D eigenvalue weighted by Gasteiger charge is -2.40. The SMILES string of the molecule is C=C=C(OC(CCC)C(=O)N1CCC(C)=C(NCC)[C@@H]1C(C)=Nc1ccccc1CCCC)c1cnn(C2CCC2)c1. The number of nitrogens with zero attached hydrogens (tertiary/aromatic N) is 4. The molecule has 2 aliphatic rings. The maximum absolute atomic E-state index is 14.4. The molecule has 4 rings (SSSR count). The van der Waals surface area contributed by atoms with Gasteiger partial charge in [-0.1, -0.05) is 62.8 Å². The number of benzene rings is 1. The van der Waals surface area contributed by atoms with Crippen LogP contribution >= 0.6 is 0 Å². The largest absolute Gasteiger partial charge is 0.472 e. The van der Waals surface area contributed by atoms with Crippen LogP contribution < -0.4 is 5.32 Å². The van der Waals surface area contributed by atoms with Crippen LogP contribution in [-0.4, -0.2) is 51.5 Å². The summed E-state index contributed by atoms with van der Waals surface area (Å²) in [6.07, 6.45) is 12.1. The van der Waals surface area contributed by atoms with E-state index in [0.717, 1.165) is 74.2 Å². The van der Waals surface area contributed by atoms with Crippen molar-refractivity contribution in [1.29, 1.82) is 0 Å². The van der Waals surface area contributed by atoms with Crippen molar-refractivity contribution in [3.8, 4) is 0 Å². The Labute approximate surface area is 252 Å². The molecule has 0 saturated heterocycles. The van der Waals surface area contributed by atoms with Crippen LogP contribution in [0.3, 0.4) is 0 Å². The summed E-state index contributed by atoms with van der Waals surface area (Å²) in [4.78, 5) is 21.5. The van der Waals surface area contributed by atoms with Crippen LogP contribution in [0.1, 0.15) is 103 Å². The number of aromatic nitrogens is 2. The molecule has 1 unspecified atom stereocenters. The fraction of sp³-hybridized carbons (Fsp3) is 0.543. The smallest absolute Gasteiger partial charge is 0.264 e. The molecule has 1 fully saturated rings. The van der Waals surface area contributed by atoms with Gasteiger partial charge in [-0.15, -0.1) is 0 Å². The molecule has 1 N–H and O–H groups in total. The third-order valence-electron chi connectivity index (χ3n) is 8.47. The molecule has 1 saturated carbocycles. The molecule has 7 heteroatoms. The van der Waals surface area contributed by atoms with E-state index in [1.807, 2.05) is 21.8 Å². The minimum Gasteiger partial charge on any atom is -0.472 e. The molecule has 0 bridgehead atoms. The van der Waals surface area contributed by atoms with Crippen LogP contribution in [0.2, 0.25) is 0 Å². The predicted molar refractivity (Wildman–Crippen MR) is 172 cm³/mol. The average molecular weight is 572 g/mol. The average Bonchev–Trinajstić information content (AvgIpc) is 3.43. The van der Waals surface area contributed by atoms with Gasteiger partial charge in [0.05, 0.1) is 23.5 Å². The number of likely N-dealkylation sites (N-methyl/N-ethyl adjacent to an activating group) is 1. The van der Waals surface area contributed by atoms with E-state index in [9.17, 15) is 4.79 Å². The molecule has 226 valence electrons. The lowest BCUT2D eigenvalue weighted by molar-refractivity contribution is -0.141. The lowest BCUT2D eigenvalue weighted by atomic mass is 9.93. The molecule has 2 atom stereocenters. The van der Waals surface area contributed by atoms with Gasteiger partial charge in [-0.25, -0.2) is 0 Å². The summed E-state index contributed by atoms with van der Waals surface area (Å²) in [6, 6.07) is 8.53. The summed E-state index contributed by atoms with van der Waals surface area (Å²) >= 11 is 0. The topological polar surface area (TPSA) is 71.8 Å². The summed E-state index contributed by atoms with van der Waals surface area (Å²) in [5.41, 5.74) is 9.23. The first kappa shape index (κ1) is 31.4. The highest BCUT2D eigenvalue weighted by Crippen LogP contribution is 2.33. The molecule has 0 spiro atoms. The van der Waals surface area contributed by atoms with E-state index in [0.29, 0.717) is 24.8 Å². The number of ether oxygens (including phenoxy) is 1. The van der Waals surface area contributed by atoms with Gasteiger partial charge >= 0.3 is 0 Å². The Balaban J connectivity index is 1.64. The van der Waals surface area contributed by atoms with E-state index in [2.05, 4.69) is 75.5 Å². The number of carbonyl (C=O) groups is 1. The van der Waals surface area contributed by atoms with Gasteiger partial charge in [-0.2, -0.15) is 5.10 Å². The van der Waals surface area contributed by atoms with E-state index in [4.69, 9.17) is 9.73 Å². The fourth-order valence-electron chi connectivity index (χ4n) is 5.84. The van der Waals surface area contributed by atoms with Crippen molar-refractivity contribution in [2.45, 2.75) is 111 Å². The van der Waals surface area contributed by atoms with Crippen LogP contribution in [0, 0.1) is 0 Å². The number of aryl methyl sites for hydroxylation is 1. The first-order valence-corrected chi connectivity index (χ1v) is 15.9. The van der Waals surface area contributed by atoms with Crippen LogP contribution in [-0.2, 0) is 16.0 Å². The molecule has 1 amide bonds. The summed E-state index contributed by atoms with van der Waals surface area (Å²) in [6.45, 7) is 15.9. The standard InChI is InChI=1S/C35H49N5O2/c1-7-11-16-27-17-12-13-20-30(27)38-26(6)34-33(36-10-4)25(5)21-22-39(34)35(41)32(15-8-2)42-31(9-3)28-23-37-40(24-28)29-18-14-19-29/h12-13,17,20,23-24,29,32,34,36H,3,7-8,10-11,14-16,18-19,21-22H2,1-2,4-6H3/t32?,34-/m0/s1. The van der Waals surface area contributed by atoms with Gasteiger partial charge < -0.3 is 15.0 Å². The van der Waals surface area contributed by atoms with Crippen molar-refractivity contribution < 1.29 is 9.53 Å². The molecule has 1 aliphatic carbocycles. The van der Waals surface area contributed by atoms with Crippen molar-refractivity contribution in [2.24, 2.45) is 4.99 Å². The van der Waals surface area contributed by atoms with Crippen molar-refractivity contribution >= 4 is 23.1 Å². The van der Waals surface area contributed by atoms with Crippen LogP contribution in [0.5, 0.6) is 0 Å². The number of amides is 1. The highest BCUT2D eigenvalue weighted by molar-refractivity contribution is 5.97. The highest BCUT2D eigenvalue weighted by atomic mass is 16.5. The number of nitrogens with one attached hydrogen (secondary N) is 1. The first-order chi connectivity index (χ1) is 20.4. The highest BCUT2D eigenvalue weighted by Gasteiger charge is 2.37. The molecule has 2 heterocycles. The maximum Gasteiger partial charge on any atom is 0.264 e. The lowest BCUT2D eigenvalue weighted by Crippen LogP contribution is -2.54. The number of unbranched alkanes of at least 4 members (excludes halogenated alkanes) is 1. The van der Waals surface area contributed by atoms with Gasteiger partial charge in [0, 0.05) is 30.7 Å². The monoisotopic (exact) mass is 571 g/mol. The first-order valence-electron chi connectivity index (χ1n) is 15.9. The van der Waals surface area contributed by atoms with E-state index < -0.39 is 6.10 Å². The Morgan fingerprint density at radius 3 is 2.69 bits per heavy atom. The summed E-state index contributed by atoms with van der Waals surface area (Å²) in [5, 5.41) is 8.14. The third kappa shape index (κ3) is 7.25. The van der Waals surface area contributed by atoms with Gasteiger partial charge in [0.15, 0.2) is 11.9 Å². The van der Waals surface area contributed by atoms with E-state index in [-0.39, 0.29) is 11.9 Å². The van der Waals surface area contributed by atoms with Crippen LogP contribution in [0.15, 0.2) is 65.2 Å². The van der Waals surface area contributed by atoms with Gasteiger partial charge in [0.25, 0.3) is 5.91 Å². The Hall–Kier alpha value is -3.57. The van der Waals surface area contributed by atoms with E-state index in [1.165, 1.54) is 17.6 Å². The van der Waals surface area contributed by atoms with Gasteiger partial charge in [-0.05, 0) is 77.3 Å². The molecule has 1 aliphatic heterocycles. The molecule has 0 radical (unpaired) electrons. The summed E-state index contributed by atoms with van der Waals surface area (Å²) in [5.74, 6) is 0.451. The fourth-order valence-corrected chi connectivity index (χ4v) is 5.84. The molecular weight excluding hydrogens is 522 g/mol. The predicted octanol–water partition coefficient (Wildman–Crippen LogP) is 7.54. The molecule has 1 aromatic heterocycles. The number of para-hydroxylation sites is 1. The second kappa shape index (κ2) is 15.1. The molecular formula is C35H49N5O2. The third-order valence-corrected chi connectivity index (χ3v) is 8.47. The summed E-state index contributed by atoms with van der Waals surface area (Å²) in [7, 11) is 0. The number of aliphatic imine (C=N–C) groups is 1.